The normalized spacial score (nSPS) is 10.5. The molecule has 0 saturated heterocycles. The number of nitrogens with zero attached hydrogens (tertiary/aromatic N) is 3. The third kappa shape index (κ3) is 4.01. The molecule has 2 aromatic heterocycles. The van der Waals surface area contributed by atoms with Crippen molar-refractivity contribution < 1.29 is 4.74 Å². The van der Waals surface area contributed by atoms with Crippen molar-refractivity contribution in [3.63, 3.8) is 0 Å². The van der Waals surface area contributed by atoms with Gasteiger partial charge in [0.1, 0.15) is 17.4 Å². The predicted molar refractivity (Wildman–Crippen MR) is 98.9 cm³/mol. The fraction of sp³-hybridized carbons (Fsp3) is 0.250. The Morgan fingerprint density at radius 1 is 1.27 bits per heavy atom. The van der Waals surface area contributed by atoms with Crippen LogP contribution in [0.15, 0.2) is 53.8 Å². The van der Waals surface area contributed by atoms with Gasteiger partial charge in [0.2, 0.25) is 0 Å². The van der Waals surface area contributed by atoms with Crippen molar-refractivity contribution in [1.82, 2.24) is 14.5 Å². The van der Waals surface area contributed by atoms with Gasteiger partial charge in [0.25, 0.3) is 5.56 Å². The van der Waals surface area contributed by atoms with Crippen LogP contribution in [0.4, 0.5) is 0 Å². The molecule has 1 N–H and O–H groups in total. The largest absolute Gasteiger partial charge is 0.493 e. The predicted octanol–water partition coefficient (Wildman–Crippen LogP) is 3.28. The van der Waals surface area contributed by atoms with Crippen LogP contribution in [0.5, 0.6) is 5.75 Å². The van der Waals surface area contributed by atoms with E-state index in [0.29, 0.717) is 23.6 Å². The molecule has 6 heteroatoms. The Morgan fingerprint density at radius 2 is 2.12 bits per heavy atom. The molecule has 26 heavy (non-hydrogen) atoms. The van der Waals surface area contributed by atoms with Crippen LogP contribution < -0.4 is 10.3 Å². The molecule has 0 unspecified atom stereocenters. The SMILES string of the molecule is Cc1cc(-c2ccccc2OCCCCn2ccnc2)c(C#N)c(=O)[nH]1. The van der Waals surface area contributed by atoms with E-state index in [4.69, 9.17) is 4.74 Å². The summed E-state index contributed by atoms with van der Waals surface area (Å²) in [5.41, 5.74) is 1.79. The van der Waals surface area contributed by atoms with Crippen LogP contribution in [0.1, 0.15) is 24.1 Å². The van der Waals surface area contributed by atoms with E-state index in [2.05, 4.69) is 9.97 Å². The molecule has 3 rings (SSSR count). The molecule has 0 aliphatic carbocycles. The molecule has 0 bridgehead atoms. The van der Waals surface area contributed by atoms with Gasteiger partial charge in [-0.25, -0.2) is 4.98 Å². The topological polar surface area (TPSA) is 83.7 Å². The number of imidazole rings is 1. The first-order chi connectivity index (χ1) is 12.7. The highest BCUT2D eigenvalue weighted by atomic mass is 16.5. The van der Waals surface area contributed by atoms with Gasteiger partial charge in [-0.05, 0) is 31.9 Å². The van der Waals surface area contributed by atoms with E-state index in [0.717, 1.165) is 24.9 Å². The highest BCUT2D eigenvalue weighted by molar-refractivity contribution is 5.75. The number of hydrogen-bond donors (Lipinski definition) is 1. The Morgan fingerprint density at radius 3 is 2.88 bits per heavy atom. The van der Waals surface area contributed by atoms with Crippen LogP contribution in [0.3, 0.4) is 0 Å². The van der Waals surface area contributed by atoms with Crippen molar-refractivity contribution in [1.29, 1.82) is 5.26 Å². The standard InChI is InChI=1S/C20H20N4O2/c1-15-12-17(18(13-21)20(25)23-15)16-6-2-3-7-19(16)26-11-5-4-9-24-10-8-22-14-24/h2-3,6-8,10,12,14H,4-5,9,11H2,1H3,(H,23,25). The van der Waals surface area contributed by atoms with Crippen LogP contribution in [0.25, 0.3) is 11.1 Å². The number of nitriles is 1. The summed E-state index contributed by atoms with van der Waals surface area (Å²) in [4.78, 5) is 18.7. The maximum absolute atomic E-state index is 12.1. The van der Waals surface area contributed by atoms with Gasteiger partial charge >= 0.3 is 0 Å². The molecule has 3 aromatic rings. The molecule has 1 aromatic carbocycles. The number of unbranched alkanes of at least 4 members (excludes halogenated alkanes) is 1. The summed E-state index contributed by atoms with van der Waals surface area (Å²) in [5, 5.41) is 9.36. The highest BCUT2D eigenvalue weighted by Crippen LogP contribution is 2.31. The van der Waals surface area contributed by atoms with Gasteiger partial charge in [0.15, 0.2) is 0 Å². The number of pyridine rings is 1. The zero-order valence-corrected chi connectivity index (χ0v) is 14.6. The number of H-pyrrole nitrogens is 1. The molecule has 132 valence electrons. The van der Waals surface area contributed by atoms with E-state index in [-0.39, 0.29) is 11.1 Å². The van der Waals surface area contributed by atoms with Crippen LogP contribution in [-0.4, -0.2) is 21.1 Å². The summed E-state index contributed by atoms with van der Waals surface area (Å²) in [6.07, 6.45) is 7.38. The average molecular weight is 348 g/mol. The maximum Gasteiger partial charge on any atom is 0.266 e. The first kappa shape index (κ1) is 17.5. The van der Waals surface area contributed by atoms with Gasteiger partial charge in [0.05, 0.1) is 12.9 Å². The monoisotopic (exact) mass is 348 g/mol. The molecule has 0 saturated carbocycles. The molecule has 0 amide bonds. The molecule has 0 aliphatic heterocycles. The second-order valence-electron chi connectivity index (χ2n) is 6.03. The van der Waals surface area contributed by atoms with Gasteiger partial charge < -0.3 is 14.3 Å². The van der Waals surface area contributed by atoms with Gasteiger partial charge in [-0.15, -0.1) is 0 Å². The summed E-state index contributed by atoms with van der Waals surface area (Å²) in [6.45, 7) is 3.26. The Hall–Kier alpha value is -3.33. The molecule has 0 fully saturated rings. The van der Waals surface area contributed by atoms with Crippen molar-refractivity contribution in [2.45, 2.75) is 26.3 Å². The van der Waals surface area contributed by atoms with Crippen LogP contribution >= 0.6 is 0 Å². The number of para-hydroxylation sites is 1. The van der Waals surface area contributed by atoms with E-state index in [1.54, 1.807) is 25.5 Å². The fourth-order valence-electron chi connectivity index (χ4n) is 2.82. The maximum atomic E-state index is 12.1. The van der Waals surface area contributed by atoms with Crippen molar-refractivity contribution in [2.24, 2.45) is 0 Å². The lowest BCUT2D eigenvalue weighted by atomic mass is 10.00. The minimum atomic E-state index is -0.377. The van der Waals surface area contributed by atoms with Gasteiger partial charge in [-0.3, -0.25) is 4.79 Å². The van der Waals surface area contributed by atoms with E-state index in [9.17, 15) is 10.1 Å². The summed E-state index contributed by atoms with van der Waals surface area (Å²) in [7, 11) is 0. The number of ether oxygens (including phenoxy) is 1. The first-order valence-corrected chi connectivity index (χ1v) is 8.51. The Kier molecular flexibility index (Phi) is 5.49. The second kappa shape index (κ2) is 8.17. The van der Waals surface area contributed by atoms with E-state index in [1.807, 2.05) is 41.1 Å². The molecule has 0 atom stereocenters. The number of benzene rings is 1. The Labute approximate surface area is 151 Å². The molecule has 0 radical (unpaired) electrons. The minimum Gasteiger partial charge on any atom is -0.493 e. The fourth-order valence-corrected chi connectivity index (χ4v) is 2.82. The highest BCUT2D eigenvalue weighted by Gasteiger charge is 2.14. The van der Waals surface area contributed by atoms with Gasteiger partial charge in [0, 0.05) is 35.8 Å². The number of aromatic nitrogens is 3. The summed E-state index contributed by atoms with van der Waals surface area (Å²) in [5.74, 6) is 0.677. The van der Waals surface area contributed by atoms with E-state index in [1.165, 1.54) is 0 Å². The van der Waals surface area contributed by atoms with Gasteiger partial charge in [-0.1, -0.05) is 18.2 Å². The smallest absolute Gasteiger partial charge is 0.266 e. The van der Waals surface area contributed by atoms with E-state index >= 15 is 0 Å². The summed E-state index contributed by atoms with van der Waals surface area (Å²) in [6, 6.07) is 11.3. The number of hydrogen-bond acceptors (Lipinski definition) is 4. The second-order valence-corrected chi connectivity index (χ2v) is 6.03. The summed E-state index contributed by atoms with van der Waals surface area (Å²) >= 11 is 0. The number of aryl methyl sites for hydroxylation is 2. The number of rotatable bonds is 7. The molecule has 0 spiro atoms. The molecule has 6 nitrogen and oxygen atoms in total. The van der Waals surface area contributed by atoms with Crippen molar-refractivity contribution >= 4 is 0 Å². The lowest BCUT2D eigenvalue weighted by molar-refractivity contribution is 0.304. The van der Waals surface area contributed by atoms with Crippen LogP contribution in [-0.2, 0) is 6.54 Å². The van der Waals surface area contributed by atoms with Crippen LogP contribution in [0.2, 0.25) is 0 Å². The van der Waals surface area contributed by atoms with Gasteiger partial charge in [-0.2, -0.15) is 5.26 Å². The third-order valence-corrected chi connectivity index (χ3v) is 4.08. The quantitative estimate of drug-likeness (QED) is 0.664. The number of aromatic amines is 1. The lowest BCUT2D eigenvalue weighted by Gasteiger charge is -2.13. The Bertz CT molecular complexity index is 968. The van der Waals surface area contributed by atoms with Crippen LogP contribution in [0, 0.1) is 18.3 Å². The lowest BCUT2D eigenvalue weighted by Crippen LogP contribution is -2.13. The van der Waals surface area contributed by atoms with Crippen molar-refractivity contribution in [3.05, 3.63) is 70.7 Å². The third-order valence-electron chi connectivity index (χ3n) is 4.08. The number of nitrogens with one attached hydrogen (secondary N) is 1. The molecule has 0 aliphatic rings. The van der Waals surface area contributed by atoms with Crippen molar-refractivity contribution in [3.8, 4) is 22.9 Å². The minimum absolute atomic E-state index is 0.103. The zero-order chi connectivity index (χ0) is 18.4. The zero-order valence-electron chi connectivity index (χ0n) is 14.6. The molecular formula is C20H20N4O2. The molecular weight excluding hydrogens is 328 g/mol. The first-order valence-electron chi connectivity index (χ1n) is 8.51. The van der Waals surface area contributed by atoms with E-state index < -0.39 is 0 Å². The van der Waals surface area contributed by atoms with Crippen molar-refractivity contribution in [2.75, 3.05) is 6.61 Å². The average Bonchev–Trinajstić information content (AvgIpc) is 3.15. The summed E-state index contributed by atoms with van der Waals surface area (Å²) < 4.78 is 7.98. The Balaban J connectivity index is 1.73. The molecule has 2 heterocycles.